The number of aryl methyl sites for hydroxylation is 2. The Kier molecular flexibility index (Phi) is 5.30. The highest BCUT2D eigenvalue weighted by Crippen LogP contribution is 2.36. The van der Waals surface area contributed by atoms with Crippen molar-refractivity contribution in [2.45, 2.75) is 33.2 Å². The fourth-order valence-electron chi connectivity index (χ4n) is 3.93. The Hall–Kier alpha value is -3.19. The van der Waals surface area contributed by atoms with Gasteiger partial charge in [0.05, 0.1) is 28.4 Å². The molecule has 2 N–H and O–H groups in total. The van der Waals surface area contributed by atoms with Gasteiger partial charge in [-0.1, -0.05) is 13.8 Å². The summed E-state index contributed by atoms with van der Waals surface area (Å²) in [7, 11) is 1.76. The summed E-state index contributed by atoms with van der Waals surface area (Å²) in [5.74, 6) is 1.69. The number of benzene rings is 1. The third kappa shape index (κ3) is 3.57. The van der Waals surface area contributed by atoms with Crippen LogP contribution in [0.4, 0.5) is 0 Å². The molecule has 0 saturated heterocycles. The van der Waals surface area contributed by atoms with Crippen molar-refractivity contribution in [2.24, 2.45) is 18.7 Å². The molecule has 156 valence electrons. The van der Waals surface area contributed by atoms with Crippen LogP contribution in [0.2, 0.25) is 0 Å². The summed E-state index contributed by atoms with van der Waals surface area (Å²) >= 11 is 0. The quantitative estimate of drug-likeness (QED) is 0.489. The molecule has 0 spiro atoms. The van der Waals surface area contributed by atoms with Crippen molar-refractivity contribution in [1.82, 2.24) is 14.5 Å². The molecule has 7 nitrogen and oxygen atoms in total. The fourth-order valence-corrected chi connectivity index (χ4v) is 3.93. The van der Waals surface area contributed by atoms with Gasteiger partial charge in [0.25, 0.3) is 5.56 Å². The first kappa shape index (κ1) is 20.1. The molecule has 0 saturated carbocycles. The lowest BCUT2D eigenvalue weighted by atomic mass is 10.0. The smallest absolute Gasteiger partial charge is 0.260 e. The van der Waals surface area contributed by atoms with Gasteiger partial charge in [0, 0.05) is 30.7 Å². The zero-order valence-electron chi connectivity index (χ0n) is 17.7. The minimum Gasteiger partial charge on any atom is -0.491 e. The van der Waals surface area contributed by atoms with E-state index < -0.39 is 0 Å². The van der Waals surface area contributed by atoms with Crippen molar-refractivity contribution in [1.29, 1.82) is 0 Å². The van der Waals surface area contributed by atoms with E-state index in [9.17, 15) is 4.79 Å². The van der Waals surface area contributed by atoms with Crippen molar-refractivity contribution in [3.8, 4) is 17.1 Å². The van der Waals surface area contributed by atoms with E-state index in [4.69, 9.17) is 14.9 Å². The first-order valence-corrected chi connectivity index (χ1v) is 10.1. The molecule has 1 atom stereocenters. The first-order valence-electron chi connectivity index (χ1n) is 10.1. The summed E-state index contributed by atoms with van der Waals surface area (Å²) in [6.45, 7) is 6.48. The van der Waals surface area contributed by atoms with E-state index in [1.165, 1.54) is 6.39 Å². The molecule has 30 heavy (non-hydrogen) atoms. The topological polar surface area (TPSA) is 96.2 Å². The number of pyridine rings is 2. The van der Waals surface area contributed by atoms with Gasteiger partial charge in [-0.2, -0.15) is 0 Å². The molecule has 0 radical (unpaired) electrons. The number of nitrogens with zero attached hydrogens (tertiary/aromatic N) is 3. The van der Waals surface area contributed by atoms with Crippen LogP contribution >= 0.6 is 0 Å². The number of aromatic nitrogens is 3. The molecular weight excluding hydrogens is 380 g/mol. The van der Waals surface area contributed by atoms with Crippen LogP contribution in [0.5, 0.6) is 5.75 Å². The molecule has 0 aliphatic heterocycles. The fraction of sp³-hybridized carbons (Fsp3) is 0.348. The summed E-state index contributed by atoms with van der Waals surface area (Å²) in [5, 5.41) is 2.39. The zero-order chi connectivity index (χ0) is 21.4. The van der Waals surface area contributed by atoms with Gasteiger partial charge in [0.1, 0.15) is 12.4 Å². The van der Waals surface area contributed by atoms with Crippen molar-refractivity contribution in [3.63, 3.8) is 0 Å². The monoisotopic (exact) mass is 406 g/mol. The van der Waals surface area contributed by atoms with Gasteiger partial charge < -0.3 is 19.5 Å². The minimum atomic E-state index is -0.0857. The van der Waals surface area contributed by atoms with Crippen LogP contribution < -0.4 is 16.0 Å². The lowest BCUT2D eigenvalue weighted by Gasteiger charge is -2.18. The number of nitrogens with two attached hydrogens (primary N) is 1. The number of hydrogen-bond donors (Lipinski definition) is 1. The van der Waals surface area contributed by atoms with E-state index in [0.29, 0.717) is 35.1 Å². The summed E-state index contributed by atoms with van der Waals surface area (Å²) in [6.07, 6.45) is 5.63. The standard InChI is InChI=1S/C23H26N4O3/c1-13(2)7-15(24)11-29-20-9-19-17(8-18(20)21-10-25-12-30-21)16-5-6-26-14(3)22(16)23(28)27(19)4/h5-6,8-10,12-13,15H,7,11,24H2,1-4H3. The zero-order valence-corrected chi connectivity index (χ0v) is 17.7. The van der Waals surface area contributed by atoms with Gasteiger partial charge in [-0.25, -0.2) is 4.98 Å². The maximum atomic E-state index is 13.0. The molecule has 4 aromatic rings. The number of fused-ring (bicyclic) bond motifs is 3. The molecule has 0 aliphatic carbocycles. The van der Waals surface area contributed by atoms with Crippen LogP contribution in [0.15, 0.2) is 46.2 Å². The van der Waals surface area contributed by atoms with Crippen LogP contribution in [-0.2, 0) is 7.05 Å². The van der Waals surface area contributed by atoms with Crippen molar-refractivity contribution >= 4 is 21.7 Å². The predicted octanol–water partition coefficient (Wildman–Crippen LogP) is 3.80. The predicted molar refractivity (Wildman–Crippen MR) is 118 cm³/mol. The Bertz CT molecular complexity index is 1260. The second-order valence-corrected chi connectivity index (χ2v) is 8.11. The minimum absolute atomic E-state index is 0.0852. The van der Waals surface area contributed by atoms with Crippen molar-refractivity contribution in [3.05, 3.63) is 53.0 Å². The van der Waals surface area contributed by atoms with Crippen LogP contribution in [0.25, 0.3) is 33.0 Å². The second-order valence-electron chi connectivity index (χ2n) is 8.11. The summed E-state index contributed by atoms with van der Waals surface area (Å²) in [5.41, 5.74) is 8.39. The van der Waals surface area contributed by atoms with Crippen molar-refractivity contribution in [2.75, 3.05) is 6.61 Å². The molecule has 1 unspecified atom stereocenters. The number of oxazole rings is 1. The van der Waals surface area contributed by atoms with Gasteiger partial charge in [-0.05, 0) is 36.8 Å². The highest BCUT2D eigenvalue weighted by atomic mass is 16.5. The molecule has 0 bridgehead atoms. The van der Waals surface area contributed by atoms with E-state index in [-0.39, 0.29) is 11.6 Å². The largest absolute Gasteiger partial charge is 0.491 e. The van der Waals surface area contributed by atoms with Gasteiger partial charge in [-0.3, -0.25) is 9.78 Å². The molecule has 7 heteroatoms. The first-order chi connectivity index (χ1) is 14.4. The highest BCUT2D eigenvalue weighted by Gasteiger charge is 2.18. The Morgan fingerprint density at radius 2 is 2.07 bits per heavy atom. The van der Waals surface area contributed by atoms with E-state index in [2.05, 4.69) is 23.8 Å². The summed E-state index contributed by atoms with van der Waals surface area (Å²) in [6, 6.07) is 5.65. The third-order valence-corrected chi connectivity index (χ3v) is 5.33. The number of hydrogen-bond acceptors (Lipinski definition) is 6. The van der Waals surface area contributed by atoms with Crippen LogP contribution in [0.3, 0.4) is 0 Å². The van der Waals surface area contributed by atoms with E-state index in [1.807, 2.05) is 25.1 Å². The van der Waals surface area contributed by atoms with Gasteiger partial charge in [0.15, 0.2) is 12.2 Å². The van der Waals surface area contributed by atoms with Gasteiger partial charge >= 0.3 is 0 Å². The van der Waals surface area contributed by atoms with Crippen LogP contribution in [0.1, 0.15) is 26.0 Å². The Morgan fingerprint density at radius 1 is 1.27 bits per heavy atom. The molecule has 0 aliphatic rings. The summed E-state index contributed by atoms with van der Waals surface area (Å²) in [4.78, 5) is 21.4. The van der Waals surface area contributed by atoms with Gasteiger partial charge in [0.2, 0.25) is 0 Å². The lowest BCUT2D eigenvalue weighted by molar-refractivity contribution is 0.271. The lowest BCUT2D eigenvalue weighted by Crippen LogP contribution is -2.29. The highest BCUT2D eigenvalue weighted by molar-refractivity contribution is 6.08. The Morgan fingerprint density at radius 3 is 2.77 bits per heavy atom. The number of rotatable bonds is 6. The van der Waals surface area contributed by atoms with Crippen LogP contribution in [0, 0.1) is 12.8 Å². The molecule has 0 amide bonds. The number of ether oxygens (including phenoxy) is 1. The maximum absolute atomic E-state index is 13.0. The SMILES string of the molecule is Cc1nccc2c1c(=O)n(C)c1cc(OCC(N)CC(C)C)c(-c3cnco3)cc21. The van der Waals surface area contributed by atoms with E-state index in [0.717, 1.165) is 28.3 Å². The van der Waals surface area contributed by atoms with Crippen LogP contribution in [-0.4, -0.2) is 27.2 Å². The molecule has 0 fully saturated rings. The molecular formula is C23H26N4O3. The maximum Gasteiger partial charge on any atom is 0.260 e. The average Bonchev–Trinajstić information content (AvgIpc) is 3.24. The summed E-state index contributed by atoms with van der Waals surface area (Å²) < 4.78 is 13.3. The Balaban J connectivity index is 1.93. The van der Waals surface area contributed by atoms with E-state index in [1.54, 1.807) is 24.0 Å². The van der Waals surface area contributed by atoms with Crippen molar-refractivity contribution < 1.29 is 9.15 Å². The second kappa shape index (κ2) is 7.91. The third-order valence-electron chi connectivity index (χ3n) is 5.33. The average molecular weight is 406 g/mol. The molecule has 4 rings (SSSR count). The normalized spacial score (nSPS) is 12.7. The Labute approximate surface area is 174 Å². The molecule has 1 aromatic carbocycles. The van der Waals surface area contributed by atoms with Gasteiger partial charge in [-0.15, -0.1) is 0 Å². The van der Waals surface area contributed by atoms with E-state index >= 15 is 0 Å². The molecule has 3 heterocycles. The molecule has 3 aromatic heterocycles.